The van der Waals surface area contributed by atoms with Crippen LogP contribution in [0.4, 0.5) is 0 Å². The van der Waals surface area contributed by atoms with Crippen molar-refractivity contribution >= 4 is 32.8 Å². The van der Waals surface area contributed by atoms with E-state index in [1.807, 2.05) is 6.20 Å². The van der Waals surface area contributed by atoms with Gasteiger partial charge in [-0.05, 0) is 108 Å². The van der Waals surface area contributed by atoms with Crippen LogP contribution in [0.15, 0.2) is 170 Å². The fraction of sp³-hybridized carbons (Fsp3) is 0.111. The molecule has 7 aromatic carbocycles. The molecule has 0 saturated carbocycles. The summed E-state index contributed by atoms with van der Waals surface area (Å²) in [6.07, 6.45) is 4.17. The average Bonchev–Trinajstić information content (AvgIpc) is 3.91. The molecule has 0 saturated heterocycles. The molecule has 0 aliphatic heterocycles. The van der Waals surface area contributed by atoms with Gasteiger partial charge < -0.3 is 4.57 Å². The van der Waals surface area contributed by atoms with Gasteiger partial charge in [-0.2, -0.15) is 30.3 Å². The van der Waals surface area contributed by atoms with E-state index in [0.29, 0.717) is 6.04 Å². The fourth-order valence-electron chi connectivity index (χ4n) is 9.83. The maximum absolute atomic E-state index is 5.06. The van der Waals surface area contributed by atoms with Gasteiger partial charge in [-0.1, -0.05) is 96.5 Å². The summed E-state index contributed by atoms with van der Waals surface area (Å²) in [5, 5.41) is 2.32. The molecule has 10 aromatic rings. The number of para-hydroxylation sites is 3. The Bertz CT molecular complexity index is 3190. The van der Waals surface area contributed by atoms with Crippen molar-refractivity contribution in [2.45, 2.75) is 39.2 Å². The van der Waals surface area contributed by atoms with E-state index in [-0.39, 0.29) is 21.1 Å². The quantitative estimate of drug-likeness (QED) is 0.153. The van der Waals surface area contributed by atoms with Gasteiger partial charge in [-0.25, -0.2) is 14.1 Å². The van der Waals surface area contributed by atoms with Gasteiger partial charge in [-0.15, -0.1) is 22.6 Å². The molecule has 59 heavy (non-hydrogen) atoms. The summed E-state index contributed by atoms with van der Waals surface area (Å²) in [5.74, 6) is 0.868. The third-order valence-electron chi connectivity index (χ3n) is 12.3. The van der Waals surface area contributed by atoms with Crippen LogP contribution in [0.25, 0.3) is 66.6 Å². The number of benzene rings is 7. The van der Waals surface area contributed by atoms with Crippen molar-refractivity contribution in [1.29, 1.82) is 0 Å². The Morgan fingerprint density at radius 1 is 0.593 bits per heavy atom. The minimum atomic E-state index is -0.705. The molecule has 288 valence electrons. The number of fused-ring (bicyclic) bond motifs is 7. The fourth-order valence-corrected chi connectivity index (χ4v) is 9.83. The first-order valence-electron chi connectivity index (χ1n) is 20.2. The number of aromatic nitrogens is 4. The standard InChI is InChI=1S/C54H41N4.Pt/c1-35(2)56-34-57(50-26-12-11-25-49(50)56)41-18-14-17-39(32-41)54(46-22-8-5-19-42(46)43-20-6-9-23-47(43)54)40-27-28-45-44-21-7-10-24-48(44)58(51(45)33-40)52-31-38(29-30-55-52)53-36(3)15-13-16-37(53)4;/h5-31,34-35H,1-4H3;/q-1;. The van der Waals surface area contributed by atoms with Gasteiger partial charge in [0.2, 0.25) is 0 Å². The minimum Gasteiger partial charge on any atom is -0.319 e. The van der Waals surface area contributed by atoms with E-state index in [1.165, 1.54) is 49.8 Å². The van der Waals surface area contributed by atoms with E-state index in [4.69, 9.17) is 4.98 Å². The molecule has 3 aromatic heterocycles. The zero-order valence-corrected chi connectivity index (χ0v) is 35.6. The van der Waals surface area contributed by atoms with Crippen LogP contribution in [0.5, 0.6) is 0 Å². The number of pyridine rings is 1. The second-order valence-electron chi connectivity index (χ2n) is 15.9. The first kappa shape index (κ1) is 37.0. The Balaban J connectivity index is 0.00000420. The van der Waals surface area contributed by atoms with Gasteiger partial charge in [0.15, 0.2) is 17.4 Å². The van der Waals surface area contributed by atoms with Crippen LogP contribution in [0.3, 0.4) is 0 Å². The van der Waals surface area contributed by atoms with Gasteiger partial charge in [0.05, 0.1) is 6.04 Å². The van der Waals surface area contributed by atoms with Crippen molar-refractivity contribution in [2.75, 3.05) is 0 Å². The zero-order valence-electron chi connectivity index (χ0n) is 33.3. The van der Waals surface area contributed by atoms with E-state index in [9.17, 15) is 0 Å². The van der Waals surface area contributed by atoms with Crippen LogP contribution >= 0.6 is 0 Å². The van der Waals surface area contributed by atoms with Crippen LogP contribution in [-0.4, -0.2) is 18.7 Å². The van der Waals surface area contributed by atoms with Crippen molar-refractivity contribution in [1.82, 2.24) is 18.7 Å². The summed E-state index contributed by atoms with van der Waals surface area (Å²) < 4.78 is 6.94. The summed E-state index contributed by atoms with van der Waals surface area (Å²) in [5.41, 5.74) is 16.7. The predicted molar refractivity (Wildman–Crippen MR) is 238 cm³/mol. The number of aryl methyl sites for hydroxylation is 2. The maximum Gasteiger partial charge on any atom is 0.188 e. The number of imidazole rings is 1. The minimum absolute atomic E-state index is 0. The SMILES string of the molecule is Cc1cccc(C)c1-c1ccnc(-n2c3[c-]c(C4(c5[c-]c(-n6[cH+]n(C(C)C)c7ccccc76)ccc5)c5ccccc5-c5ccccc54)ccc3c3ccccc32)c1.[Pt]. The van der Waals surface area contributed by atoms with Crippen molar-refractivity contribution in [2.24, 2.45) is 0 Å². The molecular weight excluding hydrogens is 900 g/mol. The molecule has 0 atom stereocenters. The molecule has 1 aliphatic carbocycles. The monoisotopic (exact) mass is 940 g/mol. The summed E-state index contributed by atoms with van der Waals surface area (Å²) in [6.45, 7) is 8.84. The number of hydrogen-bond acceptors (Lipinski definition) is 1. The molecule has 5 heteroatoms. The van der Waals surface area contributed by atoms with Crippen molar-refractivity contribution in [3.8, 4) is 33.8 Å². The third-order valence-corrected chi connectivity index (χ3v) is 12.3. The van der Waals surface area contributed by atoms with Gasteiger partial charge in [0.25, 0.3) is 0 Å². The molecule has 0 fully saturated rings. The van der Waals surface area contributed by atoms with Crippen LogP contribution in [-0.2, 0) is 26.5 Å². The van der Waals surface area contributed by atoms with Gasteiger partial charge in [-0.3, -0.25) is 0 Å². The van der Waals surface area contributed by atoms with Gasteiger partial charge >= 0.3 is 0 Å². The van der Waals surface area contributed by atoms with Gasteiger partial charge in [0, 0.05) is 56.0 Å². The topological polar surface area (TPSA) is 27.7 Å². The summed E-state index contributed by atoms with van der Waals surface area (Å²) in [6, 6.07) is 65.7. The third kappa shape index (κ3) is 5.46. The molecule has 0 radical (unpaired) electrons. The van der Waals surface area contributed by atoms with Crippen molar-refractivity contribution in [3.63, 3.8) is 0 Å². The zero-order chi connectivity index (χ0) is 39.1. The van der Waals surface area contributed by atoms with Crippen LogP contribution in [0, 0.1) is 26.0 Å². The molecule has 11 rings (SSSR count). The largest absolute Gasteiger partial charge is 0.319 e. The molecule has 0 unspecified atom stereocenters. The molecule has 0 N–H and O–H groups in total. The Labute approximate surface area is 359 Å². The average molecular weight is 941 g/mol. The summed E-state index contributed by atoms with van der Waals surface area (Å²) in [7, 11) is 0. The van der Waals surface area contributed by atoms with E-state index in [2.05, 4.69) is 218 Å². The van der Waals surface area contributed by atoms with Crippen molar-refractivity contribution in [3.05, 3.63) is 216 Å². The number of nitrogens with zero attached hydrogens (tertiary/aromatic N) is 4. The van der Waals surface area contributed by atoms with E-state index >= 15 is 0 Å². The molecular formula is C54H41N4Pt-. The molecule has 1 aliphatic rings. The Hall–Kier alpha value is -6.35. The first-order chi connectivity index (χ1) is 28.4. The second-order valence-corrected chi connectivity index (χ2v) is 15.9. The molecule has 0 spiro atoms. The smallest absolute Gasteiger partial charge is 0.188 e. The molecule has 0 amide bonds. The molecule has 4 nitrogen and oxygen atoms in total. The molecule has 3 heterocycles. The normalized spacial score (nSPS) is 12.9. The number of rotatable bonds is 6. The van der Waals surface area contributed by atoms with Crippen molar-refractivity contribution < 1.29 is 21.1 Å². The van der Waals surface area contributed by atoms with E-state index in [0.717, 1.165) is 50.1 Å². The first-order valence-corrected chi connectivity index (χ1v) is 20.2. The summed E-state index contributed by atoms with van der Waals surface area (Å²) in [4.78, 5) is 5.06. The van der Waals surface area contributed by atoms with E-state index in [1.54, 1.807) is 0 Å². The molecule has 0 bridgehead atoms. The van der Waals surface area contributed by atoms with Crippen LogP contribution in [0.2, 0.25) is 0 Å². The predicted octanol–water partition coefficient (Wildman–Crippen LogP) is 13.0. The second kappa shape index (κ2) is 14.2. The number of hydrogen-bond donors (Lipinski definition) is 0. The summed E-state index contributed by atoms with van der Waals surface area (Å²) >= 11 is 0. The van der Waals surface area contributed by atoms with E-state index < -0.39 is 5.41 Å². The maximum atomic E-state index is 5.06. The van der Waals surface area contributed by atoms with Crippen LogP contribution < -0.4 is 0 Å². The Morgan fingerprint density at radius 3 is 1.95 bits per heavy atom. The van der Waals surface area contributed by atoms with Crippen LogP contribution in [0.1, 0.15) is 53.3 Å². The Morgan fingerprint density at radius 2 is 1.22 bits per heavy atom. The van der Waals surface area contributed by atoms with Gasteiger partial charge in [0.1, 0.15) is 5.82 Å². The Kier molecular flexibility index (Phi) is 8.88.